The van der Waals surface area contributed by atoms with Gasteiger partial charge in [0.2, 0.25) is 0 Å². The minimum Gasteiger partial charge on any atom is -0.334 e. The molecule has 2 aliphatic rings. The van der Waals surface area contributed by atoms with E-state index in [1.807, 2.05) is 0 Å². The molecule has 0 aliphatic carbocycles. The third-order valence-corrected chi connectivity index (χ3v) is 4.81. The predicted molar refractivity (Wildman–Crippen MR) is 64.6 cm³/mol. The summed E-state index contributed by atoms with van der Waals surface area (Å²) in [5.74, 6) is 5.35. The fraction of sp³-hybridized carbons (Fsp3) is 0.750. The highest BCUT2D eigenvalue weighted by atomic mass is 32.2. The van der Waals surface area contributed by atoms with Crippen molar-refractivity contribution in [2.24, 2.45) is 0 Å². The van der Waals surface area contributed by atoms with Gasteiger partial charge in [-0.25, -0.2) is 4.98 Å². The van der Waals surface area contributed by atoms with Crippen LogP contribution in [0.2, 0.25) is 0 Å². The zero-order chi connectivity index (χ0) is 10.3. The quantitative estimate of drug-likeness (QED) is 0.727. The lowest BCUT2D eigenvalue weighted by atomic mass is 10.0. The van der Waals surface area contributed by atoms with Gasteiger partial charge in [-0.15, -0.1) is 0 Å². The zero-order valence-corrected chi connectivity index (χ0v) is 10.1. The van der Waals surface area contributed by atoms with Crippen molar-refractivity contribution in [3.05, 3.63) is 17.7 Å². The molecule has 0 amide bonds. The van der Waals surface area contributed by atoms with Crippen LogP contribution in [-0.4, -0.2) is 21.1 Å². The van der Waals surface area contributed by atoms with Crippen molar-refractivity contribution in [3.8, 4) is 0 Å². The predicted octanol–water partition coefficient (Wildman–Crippen LogP) is 3.00. The van der Waals surface area contributed by atoms with Gasteiger partial charge in [0.15, 0.2) is 0 Å². The van der Waals surface area contributed by atoms with Crippen LogP contribution in [0.4, 0.5) is 0 Å². The summed E-state index contributed by atoms with van der Waals surface area (Å²) in [6.45, 7) is 3.50. The van der Waals surface area contributed by atoms with Crippen molar-refractivity contribution >= 4 is 11.8 Å². The Balaban J connectivity index is 1.90. The number of aromatic nitrogens is 2. The highest BCUT2D eigenvalue weighted by Crippen LogP contribution is 2.34. The Hall–Kier alpha value is -0.440. The monoisotopic (exact) mass is 222 g/mol. The van der Waals surface area contributed by atoms with Gasteiger partial charge in [-0.3, -0.25) is 0 Å². The van der Waals surface area contributed by atoms with E-state index in [0.717, 1.165) is 5.92 Å². The van der Waals surface area contributed by atoms with Crippen LogP contribution < -0.4 is 0 Å². The number of thioether (sulfide) groups is 1. The second-order valence-electron chi connectivity index (χ2n) is 4.82. The lowest BCUT2D eigenvalue weighted by molar-refractivity contribution is 0.463. The van der Waals surface area contributed by atoms with Gasteiger partial charge >= 0.3 is 0 Å². The van der Waals surface area contributed by atoms with Gasteiger partial charge < -0.3 is 4.57 Å². The first-order valence-corrected chi connectivity index (χ1v) is 7.15. The fourth-order valence-electron chi connectivity index (χ4n) is 2.68. The minimum absolute atomic E-state index is 0.668. The van der Waals surface area contributed by atoms with Gasteiger partial charge in [-0.05, 0) is 25.0 Å². The maximum absolute atomic E-state index is 4.86. The summed E-state index contributed by atoms with van der Waals surface area (Å²) >= 11 is 2.07. The third-order valence-electron chi connectivity index (χ3n) is 3.65. The summed E-state index contributed by atoms with van der Waals surface area (Å²) in [7, 11) is 0. The van der Waals surface area contributed by atoms with E-state index < -0.39 is 0 Å². The molecule has 0 spiro atoms. The highest BCUT2D eigenvalue weighted by molar-refractivity contribution is 7.99. The van der Waals surface area contributed by atoms with Crippen molar-refractivity contribution in [1.82, 2.24) is 9.55 Å². The first-order valence-electron chi connectivity index (χ1n) is 5.99. The summed E-state index contributed by atoms with van der Waals surface area (Å²) < 4.78 is 2.40. The molecule has 1 aromatic rings. The Bertz CT molecular complexity index is 353. The van der Waals surface area contributed by atoms with Crippen LogP contribution in [-0.2, 0) is 6.54 Å². The number of rotatable bonds is 1. The molecule has 2 unspecified atom stereocenters. The molecule has 15 heavy (non-hydrogen) atoms. The second-order valence-corrected chi connectivity index (χ2v) is 5.97. The van der Waals surface area contributed by atoms with E-state index in [1.165, 1.54) is 48.8 Å². The van der Waals surface area contributed by atoms with Crippen LogP contribution in [0.15, 0.2) is 6.20 Å². The smallest absolute Gasteiger partial charge is 0.111 e. The lowest BCUT2D eigenvalue weighted by Crippen LogP contribution is -2.12. The molecule has 0 saturated carbocycles. The molecule has 1 fully saturated rings. The average molecular weight is 222 g/mol. The molecule has 3 heterocycles. The molecular weight excluding hydrogens is 204 g/mol. The van der Waals surface area contributed by atoms with Crippen molar-refractivity contribution in [1.29, 1.82) is 0 Å². The van der Waals surface area contributed by atoms with Crippen molar-refractivity contribution in [2.45, 2.75) is 44.6 Å². The van der Waals surface area contributed by atoms with Crippen molar-refractivity contribution < 1.29 is 0 Å². The summed E-state index contributed by atoms with van der Waals surface area (Å²) in [5.41, 5.74) is 1.36. The first-order chi connectivity index (χ1) is 7.34. The third kappa shape index (κ3) is 1.71. The standard InChI is InChI=1S/C12H18N2S/c1-9-3-2-5-14-7-11(13-12(9)14)10-4-6-15-8-10/h7,9-10H,2-6,8H2,1H3. The van der Waals surface area contributed by atoms with Gasteiger partial charge in [-0.1, -0.05) is 6.92 Å². The Kier molecular flexibility index (Phi) is 2.51. The summed E-state index contributed by atoms with van der Waals surface area (Å²) in [5, 5.41) is 0. The van der Waals surface area contributed by atoms with Crippen LogP contribution in [0.1, 0.15) is 49.5 Å². The molecule has 0 bridgehead atoms. The van der Waals surface area contributed by atoms with E-state index in [4.69, 9.17) is 4.98 Å². The van der Waals surface area contributed by atoms with Gasteiger partial charge in [0.1, 0.15) is 5.82 Å². The van der Waals surface area contributed by atoms with E-state index in [0.29, 0.717) is 5.92 Å². The molecule has 0 aromatic carbocycles. The molecule has 82 valence electrons. The van der Waals surface area contributed by atoms with Crippen molar-refractivity contribution in [3.63, 3.8) is 0 Å². The van der Waals surface area contributed by atoms with E-state index >= 15 is 0 Å². The summed E-state index contributed by atoms with van der Waals surface area (Å²) in [6, 6.07) is 0. The molecule has 2 atom stereocenters. The summed E-state index contributed by atoms with van der Waals surface area (Å²) in [4.78, 5) is 4.86. The minimum atomic E-state index is 0.668. The van der Waals surface area contributed by atoms with E-state index in [1.54, 1.807) is 0 Å². The normalized spacial score (nSPS) is 30.5. The van der Waals surface area contributed by atoms with E-state index in [2.05, 4.69) is 29.4 Å². The number of hydrogen-bond donors (Lipinski definition) is 0. The molecule has 3 heteroatoms. The zero-order valence-electron chi connectivity index (χ0n) is 9.28. The molecule has 1 saturated heterocycles. The Morgan fingerprint density at radius 2 is 2.40 bits per heavy atom. The highest BCUT2D eigenvalue weighted by Gasteiger charge is 2.24. The summed E-state index contributed by atoms with van der Waals surface area (Å²) in [6.07, 6.45) is 6.29. The molecule has 0 N–H and O–H groups in total. The van der Waals surface area contributed by atoms with Crippen LogP contribution >= 0.6 is 11.8 Å². The van der Waals surface area contributed by atoms with Gasteiger partial charge in [0, 0.05) is 30.3 Å². The van der Waals surface area contributed by atoms with Crippen molar-refractivity contribution in [2.75, 3.05) is 11.5 Å². The number of aryl methyl sites for hydroxylation is 1. The Labute approximate surface area is 95.5 Å². The van der Waals surface area contributed by atoms with Gasteiger partial charge in [-0.2, -0.15) is 11.8 Å². The number of imidazole rings is 1. The first kappa shape index (κ1) is 9.76. The lowest BCUT2D eigenvalue weighted by Gasteiger charge is -2.19. The van der Waals surface area contributed by atoms with Crippen LogP contribution in [0.25, 0.3) is 0 Å². The Morgan fingerprint density at radius 1 is 1.47 bits per heavy atom. The fourth-order valence-corrected chi connectivity index (χ4v) is 3.92. The molecule has 3 rings (SSSR count). The largest absolute Gasteiger partial charge is 0.334 e. The number of nitrogens with zero attached hydrogens (tertiary/aromatic N) is 2. The van der Waals surface area contributed by atoms with Gasteiger partial charge in [0.05, 0.1) is 5.69 Å². The second kappa shape index (κ2) is 3.85. The number of fused-ring (bicyclic) bond motifs is 1. The van der Waals surface area contributed by atoms with Crippen LogP contribution in [0, 0.1) is 0 Å². The molecule has 0 radical (unpaired) electrons. The molecular formula is C12H18N2S. The SMILES string of the molecule is CC1CCCn2cc(C3CCSC3)nc21. The van der Waals surface area contributed by atoms with Gasteiger partial charge in [0.25, 0.3) is 0 Å². The average Bonchev–Trinajstić information content (AvgIpc) is 2.86. The Morgan fingerprint density at radius 3 is 3.13 bits per heavy atom. The van der Waals surface area contributed by atoms with Crippen LogP contribution in [0.5, 0.6) is 0 Å². The molecule has 2 aliphatic heterocycles. The van der Waals surface area contributed by atoms with E-state index in [9.17, 15) is 0 Å². The maximum atomic E-state index is 4.86. The van der Waals surface area contributed by atoms with E-state index in [-0.39, 0.29) is 0 Å². The topological polar surface area (TPSA) is 17.8 Å². The molecule has 2 nitrogen and oxygen atoms in total. The maximum Gasteiger partial charge on any atom is 0.111 e. The number of hydrogen-bond acceptors (Lipinski definition) is 2. The molecule has 1 aromatic heterocycles. The van der Waals surface area contributed by atoms with Crippen LogP contribution in [0.3, 0.4) is 0 Å².